The van der Waals surface area contributed by atoms with Crippen LogP contribution in [0, 0.1) is 5.92 Å². The molecule has 0 spiro atoms. The standard InChI is InChI=1S/C30H32ClN5O3/c31-25-19-26-29(34-28(25)23-6-8-24(9-7-23)35-14-16-38-17-15-35)33-27(32-26)18-21-10-12-36(13-11-21)30(37)39-20-22-4-2-1-3-5-22/h1-9,19,21H,10-18,20H2,(H,32,33,34). The first kappa shape index (κ1) is 25.6. The Morgan fingerprint density at radius 3 is 2.49 bits per heavy atom. The Labute approximate surface area is 232 Å². The number of amides is 1. The van der Waals surface area contributed by atoms with Crippen LogP contribution in [0.3, 0.4) is 0 Å². The molecule has 1 amide bonds. The Balaban J connectivity index is 1.06. The van der Waals surface area contributed by atoms with Gasteiger partial charge in [0.1, 0.15) is 12.4 Å². The first-order chi connectivity index (χ1) is 19.1. The van der Waals surface area contributed by atoms with Crippen molar-refractivity contribution >= 4 is 34.5 Å². The number of halogens is 1. The minimum atomic E-state index is -0.245. The fourth-order valence-corrected chi connectivity index (χ4v) is 5.58. The average molecular weight is 546 g/mol. The molecule has 0 bridgehead atoms. The lowest BCUT2D eigenvalue weighted by Crippen LogP contribution is -2.39. The molecule has 1 N–H and O–H groups in total. The van der Waals surface area contributed by atoms with Gasteiger partial charge in [0.15, 0.2) is 5.65 Å². The van der Waals surface area contributed by atoms with Crippen molar-refractivity contribution in [3.63, 3.8) is 0 Å². The van der Waals surface area contributed by atoms with Crippen LogP contribution in [0.5, 0.6) is 0 Å². The first-order valence-corrected chi connectivity index (χ1v) is 13.9. The Kier molecular flexibility index (Phi) is 7.65. The van der Waals surface area contributed by atoms with Crippen LogP contribution >= 0.6 is 11.6 Å². The summed E-state index contributed by atoms with van der Waals surface area (Å²) in [6, 6.07) is 20.0. The molecule has 6 rings (SSSR count). The van der Waals surface area contributed by atoms with Gasteiger partial charge in [-0.25, -0.2) is 14.8 Å². The summed E-state index contributed by atoms with van der Waals surface area (Å²) < 4.78 is 11.0. The number of fused-ring (bicyclic) bond motifs is 1. The van der Waals surface area contributed by atoms with Crippen molar-refractivity contribution in [2.45, 2.75) is 25.9 Å². The highest BCUT2D eigenvalue weighted by atomic mass is 35.5. The van der Waals surface area contributed by atoms with Crippen molar-refractivity contribution in [2.75, 3.05) is 44.3 Å². The van der Waals surface area contributed by atoms with Gasteiger partial charge in [-0.2, -0.15) is 0 Å². The van der Waals surface area contributed by atoms with E-state index in [1.807, 2.05) is 36.4 Å². The highest BCUT2D eigenvalue weighted by molar-refractivity contribution is 6.33. The van der Waals surface area contributed by atoms with E-state index in [1.54, 1.807) is 4.90 Å². The number of aromatic nitrogens is 3. The largest absolute Gasteiger partial charge is 0.445 e. The van der Waals surface area contributed by atoms with Crippen molar-refractivity contribution in [1.29, 1.82) is 0 Å². The summed E-state index contributed by atoms with van der Waals surface area (Å²) in [7, 11) is 0. The number of aromatic amines is 1. The molecular formula is C30H32ClN5O3. The van der Waals surface area contributed by atoms with E-state index in [-0.39, 0.29) is 6.09 Å². The van der Waals surface area contributed by atoms with E-state index in [9.17, 15) is 4.79 Å². The molecule has 39 heavy (non-hydrogen) atoms. The van der Waals surface area contributed by atoms with Gasteiger partial charge < -0.3 is 24.3 Å². The monoisotopic (exact) mass is 545 g/mol. The van der Waals surface area contributed by atoms with Crippen molar-refractivity contribution in [3.05, 3.63) is 77.1 Å². The molecule has 9 heteroatoms. The number of anilines is 1. The fourth-order valence-electron chi connectivity index (χ4n) is 5.32. The predicted molar refractivity (Wildman–Crippen MR) is 152 cm³/mol. The number of H-pyrrole nitrogens is 1. The second-order valence-electron chi connectivity index (χ2n) is 10.2. The second kappa shape index (κ2) is 11.6. The van der Waals surface area contributed by atoms with Crippen LogP contribution in [0.25, 0.3) is 22.4 Å². The van der Waals surface area contributed by atoms with Crippen LogP contribution < -0.4 is 4.90 Å². The molecule has 0 radical (unpaired) electrons. The van der Waals surface area contributed by atoms with Gasteiger partial charge in [0, 0.05) is 43.9 Å². The van der Waals surface area contributed by atoms with Crippen molar-refractivity contribution in [2.24, 2.45) is 5.92 Å². The number of benzene rings is 2. The van der Waals surface area contributed by atoms with E-state index in [0.717, 1.165) is 73.7 Å². The van der Waals surface area contributed by atoms with E-state index in [4.69, 9.17) is 31.0 Å². The van der Waals surface area contributed by atoms with Gasteiger partial charge in [-0.15, -0.1) is 0 Å². The summed E-state index contributed by atoms with van der Waals surface area (Å²) in [5.74, 6) is 1.34. The molecule has 0 aliphatic carbocycles. The Bertz CT molecular complexity index is 1410. The third-order valence-corrected chi connectivity index (χ3v) is 7.84. The topological polar surface area (TPSA) is 83.6 Å². The number of hydrogen-bond acceptors (Lipinski definition) is 6. The molecule has 2 fully saturated rings. The van der Waals surface area contributed by atoms with Crippen LogP contribution in [-0.2, 0) is 22.5 Å². The van der Waals surface area contributed by atoms with Gasteiger partial charge in [0.05, 0.1) is 29.4 Å². The number of ether oxygens (including phenoxy) is 2. The van der Waals surface area contributed by atoms with E-state index in [2.05, 4.69) is 34.1 Å². The maximum Gasteiger partial charge on any atom is 0.410 e. The normalized spacial score (nSPS) is 16.5. The molecule has 2 aromatic carbocycles. The Morgan fingerprint density at radius 2 is 1.74 bits per heavy atom. The highest BCUT2D eigenvalue weighted by Crippen LogP contribution is 2.31. The van der Waals surface area contributed by atoms with Crippen molar-refractivity contribution in [3.8, 4) is 11.3 Å². The Hall–Kier alpha value is -3.62. The number of likely N-dealkylation sites (tertiary alicyclic amines) is 1. The van der Waals surface area contributed by atoms with Gasteiger partial charge in [0.25, 0.3) is 0 Å². The molecule has 202 valence electrons. The van der Waals surface area contributed by atoms with Crippen LogP contribution in [0.4, 0.5) is 10.5 Å². The lowest BCUT2D eigenvalue weighted by atomic mass is 9.93. The maximum absolute atomic E-state index is 12.5. The highest BCUT2D eigenvalue weighted by Gasteiger charge is 2.25. The molecule has 4 heterocycles. The minimum absolute atomic E-state index is 0.245. The number of pyridine rings is 1. The Morgan fingerprint density at radius 1 is 1.00 bits per heavy atom. The second-order valence-corrected chi connectivity index (χ2v) is 10.6. The smallest absolute Gasteiger partial charge is 0.410 e. The molecule has 2 aromatic heterocycles. The van der Waals surface area contributed by atoms with E-state index in [0.29, 0.717) is 36.3 Å². The van der Waals surface area contributed by atoms with Gasteiger partial charge >= 0.3 is 6.09 Å². The summed E-state index contributed by atoms with van der Waals surface area (Å²) in [5.41, 5.74) is 5.38. The molecule has 2 aliphatic heterocycles. The summed E-state index contributed by atoms with van der Waals surface area (Å²) in [4.78, 5) is 29.6. The van der Waals surface area contributed by atoms with Gasteiger partial charge in [-0.1, -0.05) is 54.1 Å². The average Bonchev–Trinajstić information content (AvgIpc) is 3.37. The zero-order valence-corrected chi connectivity index (χ0v) is 22.6. The number of carbonyl (C=O) groups excluding carboxylic acids is 1. The maximum atomic E-state index is 12.5. The van der Waals surface area contributed by atoms with E-state index < -0.39 is 0 Å². The third kappa shape index (κ3) is 6.02. The molecule has 2 aliphatic rings. The number of rotatable bonds is 6. The van der Waals surface area contributed by atoms with Gasteiger partial charge in [-0.3, -0.25) is 0 Å². The van der Waals surface area contributed by atoms with Crippen LogP contribution in [0.15, 0.2) is 60.7 Å². The number of piperidine rings is 1. The summed E-state index contributed by atoms with van der Waals surface area (Å²) in [6.07, 6.45) is 2.38. The lowest BCUT2D eigenvalue weighted by Gasteiger charge is -2.31. The number of morpholine rings is 1. The minimum Gasteiger partial charge on any atom is -0.445 e. The van der Waals surface area contributed by atoms with Crippen molar-refractivity contribution < 1.29 is 14.3 Å². The van der Waals surface area contributed by atoms with Crippen molar-refractivity contribution in [1.82, 2.24) is 19.9 Å². The quantitative estimate of drug-likeness (QED) is 0.334. The molecule has 2 saturated heterocycles. The number of nitrogens with one attached hydrogen (secondary N) is 1. The SMILES string of the molecule is O=C(OCc1ccccc1)N1CCC(Cc2nc3nc(-c4ccc(N5CCOCC5)cc4)c(Cl)cc3[nH]2)CC1. The zero-order chi connectivity index (χ0) is 26.6. The van der Waals surface area contributed by atoms with E-state index >= 15 is 0 Å². The molecule has 0 unspecified atom stereocenters. The number of nitrogens with zero attached hydrogens (tertiary/aromatic N) is 4. The van der Waals surface area contributed by atoms with Gasteiger partial charge in [0.2, 0.25) is 0 Å². The number of hydrogen-bond donors (Lipinski definition) is 1. The predicted octanol–water partition coefficient (Wildman–Crippen LogP) is 5.71. The third-order valence-electron chi connectivity index (χ3n) is 7.55. The van der Waals surface area contributed by atoms with Crippen LogP contribution in [0.1, 0.15) is 24.2 Å². The van der Waals surface area contributed by atoms with Crippen LogP contribution in [-0.4, -0.2) is 65.3 Å². The summed E-state index contributed by atoms with van der Waals surface area (Å²) >= 11 is 6.65. The number of imidazole rings is 1. The molecule has 0 saturated carbocycles. The first-order valence-electron chi connectivity index (χ1n) is 13.6. The van der Waals surface area contributed by atoms with E-state index in [1.165, 1.54) is 5.69 Å². The van der Waals surface area contributed by atoms with Crippen LogP contribution in [0.2, 0.25) is 5.02 Å². The molecule has 4 aromatic rings. The fraction of sp³-hybridized carbons (Fsp3) is 0.367. The molecule has 8 nitrogen and oxygen atoms in total. The number of carbonyl (C=O) groups is 1. The van der Waals surface area contributed by atoms with Gasteiger partial charge in [-0.05, 0) is 42.5 Å². The molecule has 0 atom stereocenters. The zero-order valence-electron chi connectivity index (χ0n) is 21.8. The molecular weight excluding hydrogens is 514 g/mol. The summed E-state index contributed by atoms with van der Waals surface area (Å²) in [5, 5.41) is 0.596. The summed E-state index contributed by atoms with van der Waals surface area (Å²) in [6.45, 7) is 4.99. The lowest BCUT2D eigenvalue weighted by molar-refractivity contribution is 0.0822.